The van der Waals surface area contributed by atoms with Crippen molar-refractivity contribution in [2.24, 2.45) is 0 Å². The molecule has 1 radical (unpaired) electrons. The summed E-state index contributed by atoms with van der Waals surface area (Å²) in [5.41, 5.74) is 2.55. The predicted octanol–water partition coefficient (Wildman–Crippen LogP) is 3.53. The van der Waals surface area contributed by atoms with Crippen LogP contribution < -0.4 is 0 Å². The molecule has 0 bridgehead atoms. The van der Waals surface area contributed by atoms with Crippen LogP contribution in [-0.2, 0) is 0 Å². The van der Waals surface area contributed by atoms with Crippen LogP contribution in [0.5, 0.6) is 0 Å². The number of hydrogen-bond donors (Lipinski definition) is 0. The number of benzene rings is 2. The van der Waals surface area contributed by atoms with Crippen LogP contribution in [0, 0.1) is 24.2 Å². The van der Waals surface area contributed by atoms with Gasteiger partial charge < -0.3 is 4.42 Å². The van der Waals surface area contributed by atoms with E-state index in [1.54, 1.807) is 0 Å². The Kier molecular flexibility index (Phi) is 2.11. The highest BCUT2D eigenvalue weighted by Gasteiger charge is 2.08. The van der Waals surface area contributed by atoms with Crippen molar-refractivity contribution in [3.05, 3.63) is 54.5 Å². The zero-order valence-electron chi connectivity index (χ0n) is 8.95. The molecular weight excluding hydrogens is 208 g/mol. The molecule has 3 rings (SSSR count). The van der Waals surface area contributed by atoms with E-state index in [2.05, 4.69) is 17.8 Å². The van der Waals surface area contributed by atoms with Crippen LogP contribution in [0.15, 0.2) is 46.9 Å². The lowest BCUT2D eigenvalue weighted by Gasteiger charge is -1.92. The van der Waals surface area contributed by atoms with Crippen molar-refractivity contribution in [3.63, 3.8) is 0 Å². The van der Waals surface area contributed by atoms with Gasteiger partial charge in [0.2, 0.25) is 0 Å². The van der Waals surface area contributed by atoms with Gasteiger partial charge in [0.25, 0.3) is 0 Å². The van der Waals surface area contributed by atoms with Crippen molar-refractivity contribution in [3.8, 4) is 17.8 Å². The molecule has 0 unspecified atom stereocenters. The first-order chi connectivity index (χ1) is 8.40. The van der Waals surface area contributed by atoms with Crippen LogP contribution >= 0.6 is 0 Å². The number of hydrogen-bond acceptors (Lipinski definition) is 1. The highest BCUT2D eigenvalue weighted by Crippen LogP contribution is 2.30. The summed E-state index contributed by atoms with van der Waals surface area (Å²) in [6.45, 7) is 0. The van der Waals surface area contributed by atoms with Crippen molar-refractivity contribution in [2.45, 2.75) is 0 Å². The van der Waals surface area contributed by atoms with Gasteiger partial charge in [-0.25, -0.2) is 0 Å². The topological polar surface area (TPSA) is 13.1 Å². The van der Waals surface area contributed by atoms with Crippen molar-refractivity contribution in [1.29, 1.82) is 0 Å². The monoisotopic (exact) mass is 215 g/mol. The summed E-state index contributed by atoms with van der Waals surface area (Å²) in [6, 6.07) is 13.6. The molecule has 1 heterocycles. The Bertz CT molecular complexity index is 804. The molecule has 0 saturated heterocycles. The Morgan fingerprint density at radius 1 is 0.941 bits per heavy atom. The lowest BCUT2D eigenvalue weighted by molar-refractivity contribution is 0.669. The largest absolute Gasteiger partial charge is 0.456 e. The molecule has 1 aromatic heterocycles. The van der Waals surface area contributed by atoms with E-state index in [0.717, 1.165) is 27.5 Å². The SMILES string of the molecule is [C]#CC#Cc1cccc2oc3ccccc3c12. The standard InChI is InChI=1S/C16H7O/c1-2-3-7-12-8-6-11-15-16(12)13-9-4-5-10-14(13)17-15/h4-6,8-11H. The van der Waals surface area contributed by atoms with Gasteiger partial charge >= 0.3 is 0 Å². The summed E-state index contributed by atoms with van der Waals surface area (Å²) in [5.74, 6) is 7.52. The Hall–Kier alpha value is -2.64. The summed E-state index contributed by atoms with van der Waals surface area (Å²) < 4.78 is 5.74. The summed E-state index contributed by atoms with van der Waals surface area (Å²) in [7, 11) is 0. The second-order valence-electron chi connectivity index (χ2n) is 3.65. The second kappa shape index (κ2) is 3.74. The molecule has 0 aliphatic rings. The fraction of sp³-hybridized carbons (Fsp3) is 0. The van der Waals surface area contributed by atoms with Gasteiger partial charge in [0.1, 0.15) is 11.2 Å². The zero-order chi connectivity index (χ0) is 11.7. The molecular formula is C16H7O. The van der Waals surface area contributed by atoms with Gasteiger partial charge in [-0.2, -0.15) is 0 Å². The third-order valence-corrected chi connectivity index (χ3v) is 2.66. The third kappa shape index (κ3) is 1.46. The van der Waals surface area contributed by atoms with E-state index in [9.17, 15) is 0 Å². The predicted molar refractivity (Wildman–Crippen MR) is 67.7 cm³/mol. The molecule has 2 aromatic carbocycles. The minimum atomic E-state index is 0.822. The van der Waals surface area contributed by atoms with E-state index < -0.39 is 0 Å². The highest BCUT2D eigenvalue weighted by atomic mass is 16.3. The normalized spacial score (nSPS) is 9.82. The van der Waals surface area contributed by atoms with Crippen LogP contribution in [0.3, 0.4) is 0 Å². The minimum Gasteiger partial charge on any atom is -0.456 e. The minimum absolute atomic E-state index is 0.822. The number of para-hydroxylation sites is 1. The van der Waals surface area contributed by atoms with Gasteiger partial charge in [0.05, 0.1) is 0 Å². The van der Waals surface area contributed by atoms with Gasteiger partial charge in [-0.3, -0.25) is 0 Å². The van der Waals surface area contributed by atoms with E-state index in [1.807, 2.05) is 42.5 Å². The van der Waals surface area contributed by atoms with E-state index in [0.29, 0.717) is 0 Å². The zero-order valence-corrected chi connectivity index (χ0v) is 8.95. The van der Waals surface area contributed by atoms with Crippen molar-refractivity contribution < 1.29 is 4.42 Å². The lowest BCUT2D eigenvalue weighted by atomic mass is 10.1. The van der Waals surface area contributed by atoms with E-state index in [-0.39, 0.29) is 0 Å². The molecule has 1 nitrogen and oxygen atoms in total. The van der Waals surface area contributed by atoms with Gasteiger partial charge in [-0.1, -0.05) is 30.2 Å². The average Bonchev–Trinajstić information content (AvgIpc) is 2.75. The molecule has 0 aliphatic carbocycles. The molecule has 0 saturated carbocycles. The average molecular weight is 215 g/mol. The van der Waals surface area contributed by atoms with Gasteiger partial charge in [-0.05, 0) is 36.5 Å². The molecule has 0 amide bonds. The van der Waals surface area contributed by atoms with Crippen LogP contribution in [0.2, 0.25) is 0 Å². The third-order valence-electron chi connectivity index (χ3n) is 2.66. The fourth-order valence-electron chi connectivity index (χ4n) is 1.98. The van der Waals surface area contributed by atoms with Crippen LogP contribution in [0.4, 0.5) is 0 Å². The fourth-order valence-corrected chi connectivity index (χ4v) is 1.98. The molecule has 17 heavy (non-hydrogen) atoms. The Balaban J connectivity index is 2.48. The first-order valence-electron chi connectivity index (χ1n) is 5.23. The van der Waals surface area contributed by atoms with Crippen molar-refractivity contribution in [1.82, 2.24) is 0 Å². The summed E-state index contributed by atoms with van der Waals surface area (Å²) in [6.07, 6.45) is 6.84. The Morgan fingerprint density at radius 3 is 2.65 bits per heavy atom. The smallest absolute Gasteiger partial charge is 0.136 e. The van der Waals surface area contributed by atoms with Crippen molar-refractivity contribution >= 4 is 21.9 Å². The van der Waals surface area contributed by atoms with Crippen LogP contribution in [0.1, 0.15) is 5.56 Å². The highest BCUT2D eigenvalue weighted by molar-refractivity contribution is 6.07. The Labute approximate surface area is 99.0 Å². The number of fused-ring (bicyclic) bond motifs is 3. The molecule has 0 spiro atoms. The summed E-state index contributed by atoms with van der Waals surface area (Å²) in [4.78, 5) is 0. The first kappa shape index (κ1) is 9.58. The van der Waals surface area contributed by atoms with E-state index in [4.69, 9.17) is 10.8 Å². The molecule has 0 atom stereocenters. The maximum absolute atomic E-state index is 6.84. The molecule has 1 heteroatoms. The van der Waals surface area contributed by atoms with Crippen LogP contribution in [-0.4, -0.2) is 0 Å². The van der Waals surface area contributed by atoms with Gasteiger partial charge in [0, 0.05) is 16.3 Å². The summed E-state index contributed by atoms with van der Waals surface area (Å²) in [5, 5.41) is 2.06. The lowest BCUT2D eigenvalue weighted by Crippen LogP contribution is -1.75. The second-order valence-corrected chi connectivity index (χ2v) is 3.65. The van der Waals surface area contributed by atoms with Crippen molar-refractivity contribution in [2.75, 3.05) is 0 Å². The number of rotatable bonds is 0. The Morgan fingerprint density at radius 2 is 1.76 bits per heavy atom. The first-order valence-corrected chi connectivity index (χ1v) is 5.23. The van der Waals surface area contributed by atoms with E-state index in [1.165, 1.54) is 0 Å². The molecule has 77 valence electrons. The quantitative estimate of drug-likeness (QED) is 0.523. The molecule has 0 aliphatic heterocycles. The molecule has 0 N–H and O–H groups in total. The summed E-state index contributed by atoms with van der Waals surface area (Å²) >= 11 is 0. The maximum Gasteiger partial charge on any atom is 0.136 e. The molecule has 3 aromatic rings. The van der Waals surface area contributed by atoms with Gasteiger partial charge in [0.15, 0.2) is 0 Å². The van der Waals surface area contributed by atoms with Gasteiger partial charge in [-0.15, -0.1) is 0 Å². The number of furan rings is 1. The molecule has 0 fully saturated rings. The van der Waals surface area contributed by atoms with Crippen LogP contribution in [0.25, 0.3) is 21.9 Å². The van der Waals surface area contributed by atoms with E-state index >= 15 is 0 Å². The maximum atomic E-state index is 6.84.